The molecule has 0 bridgehead atoms. The maximum atomic E-state index is 10.6. The molecule has 0 atom stereocenters. The topological polar surface area (TPSA) is 85.8 Å². The number of carbonyl (C=O) groups is 1. The molecule has 84 valence electrons. The minimum absolute atomic E-state index is 0.0443. The highest BCUT2D eigenvalue weighted by atomic mass is 16.4. The Morgan fingerprint density at radius 1 is 1.50 bits per heavy atom. The van der Waals surface area contributed by atoms with Crippen LogP contribution in [0, 0.1) is 6.92 Å². The van der Waals surface area contributed by atoms with Gasteiger partial charge in [-0.3, -0.25) is 4.68 Å². The Hall–Kier alpha value is -2.18. The van der Waals surface area contributed by atoms with Crippen molar-refractivity contribution < 1.29 is 9.90 Å². The molecule has 0 amide bonds. The van der Waals surface area contributed by atoms with E-state index in [1.54, 1.807) is 6.20 Å². The monoisotopic (exact) mass is 221 g/mol. The lowest BCUT2D eigenvalue weighted by molar-refractivity contribution is 0.0690. The molecule has 2 heterocycles. The van der Waals surface area contributed by atoms with Crippen molar-refractivity contribution >= 4 is 5.97 Å². The number of rotatable bonds is 4. The molecule has 0 unspecified atom stereocenters. The van der Waals surface area contributed by atoms with E-state index >= 15 is 0 Å². The zero-order chi connectivity index (χ0) is 11.5. The second-order valence-corrected chi connectivity index (χ2v) is 3.37. The van der Waals surface area contributed by atoms with Gasteiger partial charge in [0, 0.05) is 11.9 Å². The molecular formula is C9H11N5O2. The number of aryl methyl sites for hydroxylation is 3. The molecule has 0 aliphatic rings. The average molecular weight is 221 g/mol. The normalized spacial score (nSPS) is 10.6. The largest absolute Gasteiger partial charge is 0.476 e. The van der Waals surface area contributed by atoms with E-state index in [2.05, 4.69) is 15.4 Å². The molecule has 0 aliphatic heterocycles. The van der Waals surface area contributed by atoms with E-state index in [0.717, 1.165) is 5.69 Å². The lowest BCUT2D eigenvalue weighted by Gasteiger charge is -2.03. The SMILES string of the molecule is Cc1ccnn1CCn1cc(C(=O)O)nn1. The molecule has 0 saturated carbocycles. The minimum Gasteiger partial charge on any atom is -0.476 e. The summed E-state index contributed by atoms with van der Waals surface area (Å²) in [4.78, 5) is 10.6. The van der Waals surface area contributed by atoms with Crippen LogP contribution in [0.25, 0.3) is 0 Å². The lowest BCUT2D eigenvalue weighted by Crippen LogP contribution is -2.10. The van der Waals surface area contributed by atoms with Gasteiger partial charge in [-0.1, -0.05) is 5.21 Å². The predicted molar refractivity (Wildman–Crippen MR) is 53.9 cm³/mol. The van der Waals surface area contributed by atoms with E-state index in [0.29, 0.717) is 13.1 Å². The highest BCUT2D eigenvalue weighted by Crippen LogP contribution is 1.98. The van der Waals surface area contributed by atoms with Gasteiger partial charge in [0.1, 0.15) is 0 Å². The summed E-state index contributed by atoms with van der Waals surface area (Å²) in [5, 5.41) is 20.0. The number of hydrogen-bond donors (Lipinski definition) is 1. The van der Waals surface area contributed by atoms with Crippen molar-refractivity contribution in [2.24, 2.45) is 0 Å². The highest BCUT2D eigenvalue weighted by Gasteiger charge is 2.08. The Bertz CT molecular complexity index is 501. The van der Waals surface area contributed by atoms with Crippen molar-refractivity contribution in [1.29, 1.82) is 0 Å². The maximum Gasteiger partial charge on any atom is 0.358 e. The van der Waals surface area contributed by atoms with E-state index in [1.807, 2.05) is 17.7 Å². The van der Waals surface area contributed by atoms with Crippen LogP contribution in [0.15, 0.2) is 18.5 Å². The summed E-state index contributed by atoms with van der Waals surface area (Å²) < 4.78 is 3.31. The van der Waals surface area contributed by atoms with E-state index in [4.69, 9.17) is 5.11 Å². The molecule has 0 aliphatic carbocycles. The molecule has 2 aromatic heterocycles. The van der Waals surface area contributed by atoms with E-state index in [-0.39, 0.29) is 5.69 Å². The number of carboxylic acids is 1. The lowest BCUT2D eigenvalue weighted by atomic mass is 10.4. The molecule has 0 saturated heterocycles. The minimum atomic E-state index is -1.07. The second-order valence-electron chi connectivity index (χ2n) is 3.37. The number of hydrogen-bond acceptors (Lipinski definition) is 4. The maximum absolute atomic E-state index is 10.6. The second kappa shape index (κ2) is 4.13. The molecule has 2 rings (SSSR count). The van der Waals surface area contributed by atoms with Crippen LogP contribution in [0.1, 0.15) is 16.2 Å². The van der Waals surface area contributed by atoms with Gasteiger partial charge in [-0.15, -0.1) is 5.10 Å². The van der Waals surface area contributed by atoms with Crippen LogP contribution < -0.4 is 0 Å². The summed E-state index contributed by atoms with van der Waals surface area (Å²) >= 11 is 0. The zero-order valence-corrected chi connectivity index (χ0v) is 8.74. The third-order valence-corrected chi connectivity index (χ3v) is 2.23. The Kier molecular flexibility index (Phi) is 2.67. The number of aromatic nitrogens is 5. The molecule has 7 nitrogen and oxygen atoms in total. The highest BCUT2D eigenvalue weighted by molar-refractivity contribution is 5.84. The van der Waals surface area contributed by atoms with Crippen molar-refractivity contribution in [3.05, 3.63) is 29.8 Å². The first kappa shape index (κ1) is 10.3. The number of carboxylic acid groups (broad SMARTS) is 1. The van der Waals surface area contributed by atoms with Crippen LogP contribution in [-0.4, -0.2) is 35.9 Å². The summed E-state index contributed by atoms with van der Waals surface area (Å²) in [5.74, 6) is -1.07. The fourth-order valence-electron chi connectivity index (χ4n) is 1.34. The first-order valence-electron chi connectivity index (χ1n) is 4.78. The summed E-state index contributed by atoms with van der Waals surface area (Å²) in [7, 11) is 0. The van der Waals surface area contributed by atoms with Gasteiger partial charge in [0.25, 0.3) is 0 Å². The third-order valence-electron chi connectivity index (χ3n) is 2.23. The summed E-state index contributed by atoms with van der Waals surface area (Å²) in [6, 6.07) is 1.91. The summed E-state index contributed by atoms with van der Waals surface area (Å²) in [6.07, 6.45) is 3.13. The summed E-state index contributed by atoms with van der Waals surface area (Å²) in [6.45, 7) is 3.14. The van der Waals surface area contributed by atoms with Gasteiger partial charge in [-0.25, -0.2) is 9.48 Å². The molecule has 2 aromatic rings. The molecule has 0 spiro atoms. The van der Waals surface area contributed by atoms with E-state index in [1.165, 1.54) is 10.9 Å². The molecular weight excluding hydrogens is 210 g/mol. The number of nitrogens with zero attached hydrogens (tertiary/aromatic N) is 5. The van der Waals surface area contributed by atoms with Crippen molar-refractivity contribution in [3.8, 4) is 0 Å². The van der Waals surface area contributed by atoms with E-state index in [9.17, 15) is 4.79 Å². The molecule has 7 heteroatoms. The van der Waals surface area contributed by atoms with Gasteiger partial charge in [0.2, 0.25) is 0 Å². The first-order valence-corrected chi connectivity index (χ1v) is 4.78. The van der Waals surface area contributed by atoms with Crippen molar-refractivity contribution in [3.63, 3.8) is 0 Å². The predicted octanol–water partition coefficient (Wildman–Crippen LogP) is 0.181. The van der Waals surface area contributed by atoms with Gasteiger partial charge in [0.15, 0.2) is 5.69 Å². The van der Waals surface area contributed by atoms with Gasteiger partial charge >= 0.3 is 5.97 Å². The fraction of sp³-hybridized carbons (Fsp3) is 0.333. The molecule has 16 heavy (non-hydrogen) atoms. The smallest absolute Gasteiger partial charge is 0.358 e. The van der Waals surface area contributed by atoms with E-state index < -0.39 is 5.97 Å². The van der Waals surface area contributed by atoms with Crippen LogP contribution >= 0.6 is 0 Å². The standard InChI is InChI=1S/C9H11N5O2/c1-7-2-3-10-14(7)5-4-13-6-8(9(15)16)11-12-13/h2-3,6H,4-5H2,1H3,(H,15,16). The Balaban J connectivity index is 2.00. The Morgan fingerprint density at radius 3 is 2.88 bits per heavy atom. The van der Waals surface area contributed by atoms with Gasteiger partial charge < -0.3 is 5.11 Å². The van der Waals surface area contributed by atoms with Crippen molar-refractivity contribution in [2.45, 2.75) is 20.0 Å². The van der Waals surface area contributed by atoms with Crippen LogP contribution in [0.2, 0.25) is 0 Å². The van der Waals surface area contributed by atoms with Crippen molar-refractivity contribution in [2.75, 3.05) is 0 Å². The van der Waals surface area contributed by atoms with Gasteiger partial charge in [-0.05, 0) is 13.0 Å². The zero-order valence-electron chi connectivity index (χ0n) is 8.74. The molecule has 0 radical (unpaired) electrons. The molecule has 1 N–H and O–H groups in total. The summed E-state index contributed by atoms with van der Waals surface area (Å²) in [5.41, 5.74) is 1.01. The fourth-order valence-corrected chi connectivity index (χ4v) is 1.34. The Labute approximate surface area is 91.3 Å². The van der Waals surface area contributed by atoms with Gasteiger partial charge in [-0.2, -0.15) is 5.10 Å². The number of aromatic carboxylic acids is 1. The average Bonchev–Trinajstić information content (AvgIpc) is 2.83. The van der Waals surface area contributed by atoms with Crippen LogP contribution in [0.5, 0.6) is 0 Å². The molecule has 0 aromatic carbocycles. The van der Waals surface area contributed by atoms with Crippen LogP contribution in [0.3, 0.4) is 0 Å². The third kappa shape index (κ3) is 2.08. The van der Waals surface area contributed by atoms with Crippen LogP contribution in [-0.2, 0) is 13.1 Å². The quantitative estimate of drug-likeness (QED) is 0.796. The van der Waals surface area contributed by atoms with Crippen molar-refractivity contribution in [1.82, 2.24) is 24.8 Å². The first-order chi connectivity index (χ1) is 7.66. The van der Waals surface area contributed by atoms with Crippen LogP contribution in [0.4, 0.5) is 0 Å². The van der Waals surface area contributed by atoms with Gasteiger partial charge in [0.05, 0.1) is 19.3 Å². The Morgan fingerprint density at radius 2 is 2.31 bits per heavy atom. The molecule has 0 fully saturated rings.